The van der Waals surface area contributed by atoms with Gasteiger partial charge in [-0.1, -0.05) is 65.2 Å². The molecule has 0 unspecified atom stereocenters. The fourth-order valence-corrected chi connectivity index (χ4v) is 2.26. The van der Waals surface area contributed by atoms with E-state index in [1.165, 1.54) is 44.9 Å². The third-order valence-electron chi connectivity index (χ3n) is 3.62. The Bertz CT molecular complexity index is 237. The summed E-state index contributed by atoms with van der Waals surface area (Å²) in [7, 11) is 0. The molecule has 0 bridgehead atoms. The molecule has 0 aliphatic heterocycles. The zero-order valence-corrected chi connectivity index (χ0v) is 13.9. The van der Waals surface area contributed by atoms with E-state index in [0.29, 0.717) is 6.42 Å². The predicted molar refractivity (Wildman–Crippen MR) is 85.1 cm³/mol. The van der Waals surface area contributed by atoms with Crippen molar-refractivity contribution in [3.05, 3.63) is 0 Å². The van der Waals surface area contributed by atoms with Gasteiger partial charge in [-0.2, -0.15) is 0 Å². The van der Waals surface area contributed by atoms with Gasteiger partial charge in [-0.25, -0.2) is 0 Å². The minimum Gasteiger partial charge on any atom is -0.457 e. The van der Waals surface area contributed by atoms with E-state index in [-0.39, 0.29) is 19.2 Å². The number of ether oxygens (including phenoxy) is 1. The number of carbonyl (C=O) groups is 1. The minimum absolute atomic E-state index is 0.320. The molecule has 0 saturated carbocycles. The quantitative estimate of drug-likeness (QED) is 0.381. The molecule has 0 aromatic heterocycles. The van der Waals surface area contributed by atoms with Crippen molar-refractivity contribution in [3.63, 3.8) is 0 Å². The molecule has 0 rings (SSSR count). The van der Waals surface area contributed by atoms with Crippen LogP contribution in [0.2, 0.25) is 0 Å². The zero-order valence-electron chi connectivity index (χ0n) is 13.9. The fourth-order valence-electron chi connectivity index (χ4n) is 2.26. The molecule has 4 nitrogen and oxygen atoms in total. The summed E-state index contributed by atoms with van der Waals surface area (Å²) < 4.78 is 4.90. The summed E-state index contributed by atoms with van der Waals surface area (Å²) in [5.41, 5.74) is 0. The van der Waals surface area contributed by atoms with Crippen molar-refractivity contribution in [3.8, 4) is 0 Å². The lowest BCUT2D eigenvalue weighted by atomic mass is 10.0. The summed E-state index contributed by atoms with van der Waals surface area (Å²) in [5.74, 6) is 0.498. The van der Waals surface area contributed by atoms with Gasteiger partial charge >= 0.3 is 5.97 Å². The van der Waals surface area contributed by atoms with Gasteiger partial charge in [0.1, 0.15) is 6.10 Å². The normalized spacial score (nSPS) is 11.3. The second-order valence-corrected chi connectivity index (χ2v) is 6.24. The van der Waals surface area contributed by atoms with Crippen molar-refractivity contribution < 1.29 is 19.7 Å². The Morgan fingerprint density at radius 3 is 1.81 bits per heavy atom. The van der Waals surface area contributed by atoms with Gasteiger partial charge < -0.3 is 14.9 Å². The highest BCUT2D eigenvalue weighted by molar-refractivity contribution is 5.69. The molecule has 4 heteroatoms. The SMILES string of the molecule is CC(C)CCCCCCCCCCC(=O)OC(CO)CO. The van der Waals surface area contributed by atoms with Crippen LogP contribution in [-0.2, 0) is 9.53 Å². The predicted octanol–water partition coefficient (Wildman–Crippen LogP) is 3.44. The van der Waals surface area contributed by atoms with Crippen molar-refractivity contribution in [1.29, 1.82) is 0 Å². The molecule has 0 amide bonds. The Hall–Kier alpha value is -0.610. The number of hydrogen-bond donors (Lipinski definition) is 2. The number of unbranched alkanes of at least 4 members (excludes halogenated alkanes) is 7. The summed E-state index contributed by atoms with van der Waals surface area (Å²) in [6.45, 7) is 3.90. The molecule has 0 aromatic carbocycles. The standard InChI is InChI=1S/C17H34O4/c1-15(2)11-9-7-5-3-4-6-8-10-12-17(20)21-16(13-18)14-19/h15-16,18-19H,3-14H2,1-2H3. The highest BCUT2D eigenvalue weighted by Gasteiger charge is 2.11. The van der Waals surface area contributed by atoms with Crippen LogP contribution in [0, 0.1) is 5.92 Å². The Morgan fingerprint density at radius 2 is 1.33 bits per heavy atom. The molecule has 2 N–H and O–H groups in total. The summed E-state index contributed by atoms with van der Waals surface area (Å²) in [4.78, 5) is 11.4. The van der Waals surface area contributed by atoms with Crippen molar-refractivity contribution in [2.24, 2.45) is 5.92 Å². The van der Waals surface area contributed by atoms with E-state index in [1.807, 2.05) is 0 Å². The summed E-state index contributed by atoms with van der Waals surface area (Å²) in [6, 6.07) is 0. The van der Waals surface area contributed by atoms with Crippen LogP contribution in [0.3, 0.4) is 0 Å². The molecule has 0 atom stereocenters. The Morgan fingerprint density at radius 1 is 0.857 bits per heavy atom. The lowest BCUT2D eigenvalue weighted by molar-refractivity contribution is -0.153. The van der Waals surface area contributed by atoms with Crippen LogP contribution in [0.4, 0.5) is 0 Å². The van der Waals surface area contributed by atoms with Gasteiger partial charge in [-0.15, -0.1) is 0 Å². The van der Waals surface area contributed by atoms with Crippen molar-refractivity contribution in [2.45, 2.75) is 84.2 Å². The van der Waals surface area contributed by atoms with E-state index < -0.39 is 6.10 Å². The molecule has 0 aliphatic rings. The van der Waals surface area contributed by atoms with Crippen LogP contribution in [0.25, 0.3) is 0 Å². The maximum absolute atomic E-state index is 11.4. The van der Waals surface area contributed by atoms with E-state index >= 15 is 0 Å². The summed E-state index contributed by atoms with van der Waals surface area (Å²) in [6.07, 6.45) is 10.5. The van der Waals surface area contributed by atoms with Gasteiger partial charge in [0.05, 0.1) is 13.2 Å². The van der Waals surface area contributed by atoms with Crippen LogP contribution in [0.1, 0.15) is 78.1 Å². The van der Waals surface area contributed by atoms with Gasteiger partial charge in [-0.05, 0) is 12.3 Å². The number of esters is 1. The molecule has 0 radical (unpaired) electrons. The zero-order chi connectivity index (χ0) is 15.9. The lowest BCUT2D eigenvalue weighted by Crippen LogP contribution is -2.25. The Balaban J connectivity index is 3.26. The van der Waals surface area contributed by atoms with Gasteiger partial charge in [-0.3, -0.25) is 4.79 Å². The third kappa shape index (κ3) is 14.1. The third-order valence-corrected chi connectivity index (χ3v) is 3.62. The summed E-state index contributed by atoms with van der Waals surface area (Å²) in [5, 5.41) is 17.6. The van der Waals surface area contributed by atoms with Crippen LogP contribution >= 0.6 is 0 Å². The maximum Gasteiger partial charge on any atom is 0.306 e. The number of aliphatic hydroxyl groups excluding tert-OH is 2. The first kappa shape index (κ1) is 20.4. The fraction of sp³-hybridized carbons (Fsp3) is 0.941. The van der Waals surface area contributed by atoms with Crippen LogP contribution < -0.4 is 0 Å². The Labute approximate surface area is 129 Å². The number of carbonyl (C=O) groups excluding carboxylic acids is 1. The highest BCUT2D eigenvalue weighted by Crippen LogP contribution is 2.13. The number of hydrogen-bond acceptors (Lipinski definition) is 4. The molecule has 0 aliphatic carbocycles. The van der Waals surface area contributed by atoms with Crippen molar-refractivity contribution in [1.82, 2.24) is 0 Å². The van der Waals surface area contributed by atoms with E-state index in [1.54, 1.807) is 0 Å². The van der Waals surface area contributed by atoms with E-state index in [4.69, 9.17) is 14.9 Å². The van der Waals surface area contributed by atoms with Crippen LogP contribution in [-0.4, -0.2) is 35.5 Å². The lowest BCUT2D eigenvalue weighted by Gasteiger charge is -2.12. The second kappa shape index (κ2) is 14.3. The molecule has 0 fully saturated rings. The molecule has 21 heavy (non-hydrogen) atoms. The van der Waals surface area contributed by atoms with Gasteiger partial charge in [0, 0.05) is 6.42 Å². The first-order valence-corrected chi connectivity index (χ1v) is 8.51. The van der Waals surface area contributed by atoms with Gasteiger partial charge in [0.15, 0.2) is 0 Å². The molecule has 0 heterocycles. The average molecular weight is 302 g/mol. The van der Waals surface area contributed by atoms with Crippen LogP contribution in [0.15, 0.2) is 0 Å². The molecule has 0 spiro atoms. The van der Waals surface area contributed by atoms with E-state index in [9.17, 15) is 4.79 Å². The minimum atomic E-state index is -0.761. The molecule has 0 aromatic rings. The smallest absolute Gasteiger partial charge is 0.306 e. The van der Waals surface area contributed by atoms with E-state index in [2.05, 4.69) is 13.8 Å². The van der Waals surface area contributed by atoms with Crippen molar-refractivity contribution >= 4 is 5.97 Å². The first-order valence-electron chi connectivity index (χ1n) is 8.51. The molecular formula is C17H34O4. The maximum atomic E-state index is 11.4. The van der Waals surface area contributed by atoms with Crippen LogP contribution in [0.5, 0.6) is 0 Å². The molecule has 0 saturated heterocycles. The molecule has 126 valence electrons. The monoisotopic (exact) mass is 302 g/mol. The molecular weight excluding hydrogens is 268 g/mol. The van der Waals surface area contributed by atoms with Gasteiger partial charge in [0.25, 0.3) is 0 Å². The topological polar surface area (TPSA) is 66.8 Å². The largest absolute Gasteiger partial charge is 0.457 e. The highest BCUT2D eigenvalue weighted by atomic mass is 16.6. The van der Waals surface area contributed by atoms with Gasteiger partial charge in [0.2, 0.25) is 0 Å². The Kier molecular flexibility index (Phi) is 13.9. The second-order valence-electron chi connectivity index (χ2n) is 6.24. The average Bonchev–Trinajstić information content (AvgIpc) is 2.46. The number of aliphatic hydroxyl groups is 2. The number of rotatable bonds is 14. The van der Waals surface area contributed by atoms with Crippen molar-refractivity contribution in [2.75, 3.05) is 13.2 Å². The summed E-state index contributed by atoms with van der Waals surface area (Å²) >= 11 is 0. The van der Waals surface area contributed by atoms with E-state index in [0.717, 1.165) is 18.8 Å². The first-order chi connectivity index (χ1) is 10.1.